The van der Waals surface area contributed by atoms with Gasteiger partial charge in [0.05, 0.1) is 12.6 Å². The number of hydrogen-bond donors (Lipinski definition) is 3. The van der Waals surface area contributed by atoms with Gasteiger partial charge in [0.1, 0.15) is 0 Å². The standard InChI is InChI=1S/C12H23N3O3/c1-3-13-12(18)14-11(17)8-15-6-4-10(5-7-15)9(2)16/h9-10,16H,3-8H2,1-2H3,(H2,13,14,17,18). The highest BCUT2D eigenvalue weighted by Crippen LogP contribution is 2.19. The SMILES string of the molecule is CCNC(=O)NC(=O)CN1CCC(C(C)O)CC1. The van der Waals surface area contributed by atoms with E-state index in [1.807, 2.05) is 11.8 Å². The number of amides is 3. The maximum Gasteiger partial charge on any atom is 0.321 e. The normalized spacial score (nSPS) is 19.3. The molecule has 0 saturated carbocycles. The Morgan fingerprint density at radius 2 is 2.00 bits per heavy atom. The molecule has 0 aromatic heterocycles. The van der Waals surface area contributed by atoms with Crippen LogP contribution >= 0.6 is 0 Å². The lowest BCUT2D eigenvalue weighted by Gasteiger charge is -2.32. The fraction of sp³-hybridized carbons (Fsp3) is 0.833. The molecule has 1 rings (SSSR count). The number of carbonyl (C=O) groups excluding carboxylic acids is 2. The van der Waals surface area contributed by atoms with Crippen LogP contribution in [0.3, 0.4) is 0 Å². The quantitative estimate of drug-likeness (QED) is 0.658. The topological polar surface area (TPSA) is 81.7 Å². The average Bonchev–Trinajstić information content (AvgIpc) is 2.29. The predicted molar refractivity (Wildman–Crippen MR) is 68.1 cm³/mol. The molecule has 3 N–H and O–H groups in total. The van der Waals surface area contributed by atoms with Gasteiger partial charge in [0.2, 0.25) is 5.91 Å². The second-order valence-corrected chi connectivity index (χ2v) is 4.76. The lowest BCUT2D eigenvalue weighted by atomic mass is 9.92. The maximum absolute atomic E-state index is 11.5. The van der Waals surface area contributed by atoms with E-state index in [0.717, 1.165) is 25.9 Å². The first-order chi connectivity index (χ1) is 8.52. The van der Waals surface area contributed by atoms with Crippen LogP contribution in [0.1, 0.15) is 26.7 Å². The van der Waals surface area contributed by atoms with Crippen LogP contribution in [0, 0.1) is 5.92 Å². The van der Waals surface area contributed by atoms with E-state index in [2.05, 4.69) is 10.6 Å². The Hall–Kier alpha value is -1.14. The van der Waals surface area contributed by atoms with Crippen LogP contribution < -0.4 is 10.6 Å². The van der Waals surface area contributed by atoms with Crippen molar-refractivity contribution in [1.82, 2.24) is 15.5 Å². The third-order valence-corrected chi connectivity index (χ3v) is 3.27. The molecule has 0 bridgehead atoms. The lowest BCUT2D eigenvalue weighted by Crippen LogP contribution is -2.46. The Bertz CT molecular complexity index is 286. The van der Waals surface area contributed by atoms with Crippen molar-refractivity contribution < 1.29 is 14.7 Å². The summed E-state index contributed by atoms with van der Waals surface area (Å²) in [7, 11) is 0. The van der Waals surface area contributed by atoms with E-state index in [0.29, 0.717) is 12.5 Å². The van der Waals surface area contributed by atoms with E-state index in [4.69, 9.17) is 0 Å². The molecule has 6 nitrogen and oxygen atoms in total. The summed E-state index contributed by atoms with van der Waals surface area (Å²) in [6.45, 7) is 5.92. The number of urea groups is 1. The smallest absolute Gasteiger partial charge is 0.321 e. The summed E-state index contributed by atoms with van der Waals surface area (Å²) in [6.07, 6.45) is 1.51. The number of carbonyl (C=O) groups is 2. The lowest BCUT2D eigenvalue weighted by molar-refractivity contribution is -0.121. The van der Waals surface area contributed by atoms with Gasteiger partial charge in [-0.25, -0.2) is 4.79 Å². The molecule has 1 heterocycles. The Morgan fingerprint density at radius 1 is 1.39 bits per heavy atom. The molecule has 1 unspecified atom stereocenters. The van der Waals surface area contributed by atoms with E-state index in [-0.39, 0.29) is 18.6 Å². The molecule has 1 saturated heterocycles. The average molecular weight is 257 g/mol. The third-order valence-electron chi connectivity index (χ3n) is 3.27. The number of hydrogen-bond acceptors (Lipinski definition) is 4. The molecule has 0 aromatic carbocycles. The molecule has 0 radical (unpaired) electrons. The van der Waals surface area contributed by atoms with Gasteiger partial charge in [0.15, 0.2) is 0 Å². The van der Waals surface area contributed by atoms with Gasteiger partial charge >= 0.3 is 6.03 Å². The summed E-state index contributed by atoms with van der Waals surface area (Å²) in [5, 5.41) is 14.3. The van der Waals surface area contributed by atoms with E-state index in [9.17, 15) is 14.7 Å². The van der Waals surface area contributed by atoms with E-state index >= 15 is 0 Å². The second kappa shape index (κ2) is 7.33. The number of nitrogens with one attached hydrogen (secondary N) is 2. The summed E-state index contributed by atoms with van der Waals surface area (Å²) in [5.41, 5.74) is 0. The highest BCUT2D eigenvalue weighted by Gasteiger charge is 2.23. The van der Waals surface area contributed by atoms with E-state index in [1.165, 1.54) is 0 Å². The molecule has 1 fully saturated rings. The summed E-state index contributed by atoms with van der Waals surface area (Å²) < 4.78 is 0. The number of nitrogens with zero attached hydrogens (tertiary/aromatic N) is 1. The van der Waals surface area contributed by atoms with Gasteiger partial charge in [-0.05, 0) is 45.7 Å². The van der Waals surface area contributed by atoms with Gasteiger partial charge < -0.3 is 10.4 Å². The zero-order valence-electron chi connectivity index (χ0n) is 11.1. The van der Waals surface area contributed by atoms with Crippen molar-refractivity contribution in [3.63, 3.8) is 0 Å². The molecule has 0 aromatic rings. The minimum absolute atomic E-state index is 0.240. The number of aliphatic hydroxyl groups is 1. The summed E-state index contributed by atoms with van der Waals surface area (Å²) in [6, 6.07) is -0.443. The van der Waals surface area contributed by atoms with Crippen molar-refractivity contribution in [2.75, 3.05) is 26.2 Å². The van der Waals surface area contributed by atoms with Gasteiger partial charge in [0, 0.05) is 6.54 Å². The highest BCUT2D eigenvalue weighted by atomic mass is 16.3. The Kier molecular flexibility index (Phi) is 6.07. The maximum atomic E-state index is 11.5. The van der Waals surface area contributed by atoms with Crippen LogP contribution in [0.2, 0.25) is 0 Å². The highest BCUT2D eigenvalue weighted by molar-refractivity contribution is 5.95. The van der Waals surface area contributed by atoms with Crippen molar-refractivity contribution in [1.29, 1.82) is 0 Å². The summed E-state index contributed by atoms with van der Waals surface area (Å²) in [5.74, 6) is 0.0455. The molecule has 104 valence electrons. The summed E-state index contributed by atoms with van der Waals surface area (Å²) in [4.78, 5) is 24.7. The minimum atomic E-state index is -0.443. The summed E-state index contributed by atoms with van der Waals surface area (Å²) >= 11 is 0. The molecule has 6 heteroatoms. The van der Waals surface area contributed by atoms with Crippen molar-refractivity contribution in [3.8, 4) is 0 Å². The molecular formula is C12H23N3O3. The van der Waals surface area contributed by atoms with Gasteiger partial charge in [-0.1, -0.05) is 0 Å². The molecule has 3 amide bonds. The fourth-order valence-electron chi connectivity index (χ4n) is 2.17. The Labute approximate surface area is 108 Å². The first-order valence-electron chi connectivity index (χ1n) is 6.51. The number of piperidine rings is 1. The number of aliphatic hydroxyl groups excluding tert-OH is 1. The van der Waals surface area contributed by atoms with E-state index < -0.39 is 6.03 Å². The monoisotopic (exact) mass is 257 g/mol. The second-order valence-electron chi connectivity index (χ2n) is 4.76. The van der Waals surface area contributed by atoms with Gasteiger partial charge in [-0.15, -0.1) is 0 Å². The fourth-order valence-corrected chi connectivity index (χ4v) is 2.17. The number of rotatable bonds is 4. The van der Waals surface area contributed by atoms with Crippen molar-refractivity contribution >= 4 is 11.9 Å². The Morgan fingerprint density at radius 3 is 2.50 bits per heavy atom. The first kappa shape index (κ1) is 14.9. The first-order valence-corrected chi connectivity index (χ1v) is 6.51. The van der Waals surface area contributed by atoms with Gasteiger partial charge in [0.25, 0.3) is 0 Å². The zero-order chi connectivity index (χ0) is 13.5. The van der Waals surface area contributed by atoms with Crippen LogP contribution in [0.4, 0.5) is 4.79 Å². The molecule has 1 aliphatic heterocycles. The van der Waals surface area contributed by atoms with Gasteiger partial charge in [-0.2, -0.15) is 0 Å². The van der Waals surface area contributed by atoms with Crippen LogP contribution in [0.25, 0.3) is 0 Å². The van der Waals surface area contributed by atoms with Crippen LogP contribution in [-0.2, 0) is 4.79 Å². The Balaban J connectivity index is 2.24. The predicted octanol–water partition coefficient (Wildman–Crippen LogP) is -0.0751. The largest absolute Gasteiger partial charge is 0.393 e. The number of imide groups is 1. The molecule has 18 heavy (non-hydrogen) atoms. The third kappa shape index (κ3) is 5.01. The van der Waals surface area contributed by atoms with E-state index in [1.54, 1.807) is 6.92 Å². The van der Waals surface area contributed by atoms with Crippen LogP contribution in [0.5, 0.6) is 0 Å². The number of likely N-dealkylation sites (tertiary alicyclic amines) is 1. The molecule has 1 atom stereocenters. The van der Waals surface area contributed by atoms with Crippen LogP contribution in [-0.4, -0.2) is 54.2 Å². The zero-order valence-corrected chi connectivity index (χ0v) is 11.1. The van der Waals surface area contributed by atoms with Crippen LogP contribution in [0.15, 0.2) is 0 Å². The van der Waals surface area contributed by atoms with Crippen molar-refractivity contribution in [2.24, 2.45) is 5.92 Å². The van der Waals surface area contributed by atoms with Crippen molar-refractivity contribution in [2.45, 2.75) is 32.8 Å². The molecule has 0 spiro atoms. The molecular weight excluding hydrogens is 234 g/mol. The molecule has 0 aliphatic carbocycles. The molecule has 1 aliphatic rings. The van der Waals surface area contributed by atoms with Crippen molar-refractivity contribution in [3.05, 3.63) is 0 Å². The van der Waals surface area contributed by atoms with Gasteiger partial charge in [-0.3, -0.25) is 15.0 Å². The minimum Gasteiger partial charge on any atom is -0.393 e.